The minimum atomic E-state index is -0.504. The van der Waals surface area contributed by atoms with Crippen LogP contribution < -0.4 is 0 Å². The van der Waals surface area contributed by atoms with E-state index >= 15 is 0 Å². The summed E-state index contributed by atoms with van der Waals surface area (Å²) in [6.07, 6.45) is 0. The molecule has 0 spiro atoms. The van der Waals surface area contributed by atoms with E-state index in [1.165, 1.54) is 33.4 Å². The van der Waals surface area contributed by atoms with Crippen molar-refractivity contribution in [3.8, 4) is 51.0 Å². The number of para-hydroxylation sites is 1. The molecule has 4 heteroatoms. The molecule has 4 nitrogen and oxygen atoms in total. The van der Waals surface area contributed by atoms with Gasteiger partial charge in [-0.1, -0.05) is 182 Å². The first-order valence-corrected chi connectivity index (χ1v) is 19.0. The lowest BCUT2D eigenvalue weighted by Gasteiger charge is -2.34. The smallest absolute Gasteiger partial charge is 0.238 e. The Hall–Kier alpha value is -7.43. The van der Waals surface area contributed by atoms with E-state index in [1.807, 2.05) is 24.3 Å². The third-order valence-electron chi connectivity index (χ3n) is 11.3. The average molecular weight is 715 g/mol. The zero-order valence-corrected chi connectivity index (χ0v) is 30.4. The zero-order chi connectivity index (χ0) is 37.1. The van der Waals surface area contributed by atoms with Crippen LogP contribution in [-0.4, -0.2) is 19.5 Å². The SMILES string of the molecule is c1ccc(-c2cccc(-c3nc(-c4ccccc4)nc(-n4c5ccccc5c5cc(C6(c7ccccc7)c7ccccc7-c7ccccc76)ccc54)n3)c2)cc1. The highest BCUT2D eigenvalue weighted by Gasteiger charge is 2.46. The Kier molecular flexibility index (Phi) is 7.36. The molecule has 0 amide bonds. The Labute approximate surface area is 325 Å². The maximum atomic E-state index is 5.27. The standard InChI is InChI=1S/C52H34N4/c1-4-17-35(18-5-1)37-21-16-22-38(33-37)50-53-49(36-19-6-2-7-20-36)54-51(55-50)56-47-30-15-12-27-43(47)44-34-40(31-32-48(44)56)52(39-23-8-3-9-24-39)45-28-13-10-25-41(45)42-26-11-14-29-46(42)52/h1-34H. The fourth-order valence-electron chi connectivity index (χ4n) is 8.91. The van der Waals surface area contributed by atoms with Crippen LogP contribution in [0.5, 0.6) is 0 Å². The number of fused-ring (bicyclic) bond motifs is 6. The van der Waals surface area contributed by atoms with Crippen LogP contribution in [-0.2, 0) is 5.41 Å². The van der Waals surface area contributed by atoms with Crippen molar-refractivity contribution in [3.63, 3.8) is 0 Å². The molecule has 0 bridgehead atoms. The van der Waals surface area contributed by atoms with Crippen molar-refractivity contribution in [2.75, 3.05) is 0 Å². The van der Waals surface area contributed by atoms with Gasteiger partial charge in [0.2, 0.25) is 5.95 Å². The second-order valence-electron chi connectivity index (χ2n) is 14.4. The van der Waals surface area contributed by atoms with E-state index in [2.05, 4.69) is 187 Å². The van der Waals surface area contributed by atoms with Gasteiger partial charge in [0.15, 0.2) is 11.6 Å². The molecule has 11 rings (SSSR count). The van der Waals surface area contributed by atoms with E-state index in [4.69, 9.17) is 15.0 Å². The highest BCUT2D eigenvalue weighted by molar-refractivity contribution is 6.09. The lowest BCUT2D eigenvalue weighted by molar-refractivity contribution is 0.770. The van der Waals surface area contributed by atoms with Gasteiger partial charge in [-0.25, -0.2) is 4.98 Å². The van der Waals surface area contributed by atoms with E-state index < -0.39 is 5.41 Å². The molecule has 2 heterocycles. The molecule has 0 saturated carbocycles. The van der Waals surface area contributed by atoms with Gasteiger partial charge in [0.05, 0.1) is 16.4 Å². The summed E-state index contributed by atoms with van der Waals surface area (Å²) >= 11 is 0. The van der Waals surface area contributed by atoms with Gasteiger partial charge in [0, 0.05) is 21.9 Å². The van der Waals surface area contributed by atoms with E-state index in [1.54, 1.807) is 0 Å². The molecule has 0 radical (unpaired) electrons. The van der Waals surface area contributed by atoms with Crippen molar-refractivity contribution in [1.82, 2.24) is 19.5 Å². The van der Waals surface area contributed by atoms with Gasteiger partial charge in [0.1, 0.15) is 0 Å². The first-order chi connectivity index (χ1) is 27.8. The minimum Gasteiger partial charge on any atom is -0.278 e. The monoisotopic (exact) mass is 714 g/mol. The number of rotatable bonds is 6. The highest BCUT2D eigenvalue weighted by atomic mass is 15.2. The molecule has 1 aliphatic carbocycles. The summed E-state index contributed by atoms with van der Waals surface area (Å²) in [5, 5.41) is 2.28. The van der Waals surface area contributed by atoms with Crippen LogP contribution in [0, 0.1) is 0 Å². The van der Waals surface area contributed by atoms with Gasteiger partial charge in [-0.3, -0.25) is 4.57 Å². The molecule has 0 atom stereocenters. The number of hydrogen-bond donors (Lipinski definition) is 0. The molecule has 0 saturated heterocycles. The van der Waals surface area contributed by atoms with Crippen LogP contribution in [0.4, 0.5) is 0 Å². The molecule has 10 aromatic rings. The third-order valence-corrected chi connectivity index (χ3v) is 11.3. The molecule has 0 unspecified atom stereocenters. The van der Waals surface area contributed by atoms with Crippen molar-refractivity contribution in [2.24, 2.45) is 0 Å². The molecular weight excluding hydrogens is 681 g/mol. The summed E-state index contributed by atoms with van der Waals surface area (Å²) in [6.45, 7) is 0. The topological polar surface area (TPSA) is 43.6 Å². The van der Waals surface area contributed by atoms with E-state index in [9.17, 15) is 0 Å². The van der Waals surface area contributed by atoms with Gasteiger partial charge in [-0.05, 0) is 68.8 Å². The predicted molar refractivity (Wildman–Crippen MR) is 228 cm³/mol. The third kappa shape index (κ3) is 4.89. The van der Waals surface area contributed by atoms with Crippen LogP contribution in [0.15, 0.2) is 206 Å². The first-order valence-electron chi connectivity index (χ1n) is 19.0. The summed E-state index contributed by atoms with van der Waals surface area (Å²) in [5.74, 6) is 1.82. The molecule has 8 aromatic carbocycles. The van der Waals surface area contributed by atoms with Crippen molar-refractivity contribution in [3.05, 3.63) is 229 Å². The van der Waals surface area contributed by atoms with Crippen LogP contribution in [0.25, 0.3) is 72.8 Å². The fraction of sp³-hybridized carbons (Fsp3) is 0.0192. The van der Waals surface area contributed by atoms with E-state index in [0.717, 1.165) is 44.1 Å². The van der Waals surface area contributed by atoms with Crippen LogP contribution in [0.2, 0.25) is 0 Å². The normalized spacial score (nSPS) is 12.8. The highest BCUT2D eigenvalue weighted by Crippen LogP contribution is 2.56. The quantitative estimate of drug-likeness (QED) is 0.172. The predicted octanol–water partition coefficient (Wildman–Crippen LogP) is 12.3. The van der Waals surface area contributed by atoms with Crippen molar-refractivity contribution in [2.45, 2.75) is 5.41 Å². The van der Waals surface area contributed by atoms with E-state index in [0.29, 0.717) is 17.6 Å². The Bertz CT molecular complexity index is 3030. The van der Waals surface area contributed by atoms with Crippen LogP contribution in [0.3, 0.4) is 0 Å². The Morgan fingerprint density at radius 3 is 1.59 bits per heavy atom. The summed E-state index contributed by atoms with van der Waals surface area (Å²) < 4.78 is 2.21. The van der Waals surface area contributed by atoms with Gasteiger partial charge in [-0.15, -0.1) is 0 Å². The Morgan fingerprint density at radius 2 is 0.875 bits per heavy atom. The van der Waals surface area contributed by atoms with Gasteiger partial charge in [0.25, 0.3) is 0 Å². The molecule has 2 aromatic heterocycles. The fourth-order valence-corrected chi connectivity index (χ4v) is 8.91. The molecule has 0 aliphatic heterocycles. The Balaban J connectivity index is 1.17. The summed E-state index contributed by atoms with van der Waals surface area (Å²) in [6, 6.07) is 73.4. The summed E-state index contributed by atoms with van der Waals surface area (Å²) in [7, 11) is 0. The van der Waals surface area contributed by atoms with Gasteiger partial charge >= 0.3 is 0 Å². The largest absolute Gasteiger partial charge is 0.278 e. The lowest BCUT2D eigenvalue weighted by atomic mass is 9.67. The summed E-state index contributed by atoms with van der Waals surface area (Å²) in [4.78, 5) is 15.6. The maximum Gasteiger partial charge on any atom is 0.238 e. The molecule has 262 valence electrons. The second kappa shape index (κ2) is 12.9. The molecule has 56 heavy (non-hydrogen) atoms. The lowest BCUT2D eigenvalue weighted by Crippen LogP contribution is -2.28. The molecule has 1 aliphatic rings. The van der Waals surface area contributed by atoms with Crippen molar-refractivity contribution in [1.29, 1.82) is 0 Å². The Morgan fingerprint density at radius 1 is 0.339 bits per heavy atom. The molecular formula is C52H34N4. The van der Waals surface area contributed by atoms with E-state index in [-0.39, 0.29) is 0 Å². The minimum absolute atomic E-state index is 0.504. The van der Waals surface area contributed by atoms with Gasteiger partial charge < -0.3 is 0 Å². The number of nitrogens with zero attached hydrogens (tertiary/aromatic N) is 4. The van der Waals surface area contributed by atoms with Crippen molar-refractivity contribution >= 4 is 21.8 Å². The summed E-state index contributed by atoms with van der Waals surface area (Å²) in [5.41, 5.74) is 13.3. The maximum absolute atomic E-state index is 5.27. The first kappa shape index (κ1) is 32.0. The van der Waals surface area contributed by atoms with Crippen LogP contribution >= 0.6 is 0 Å². The number of hydrogen-bond acceptors (Lipinski definition) is 3. The molecule has 0 fully saturated rings. The number of aromatic nitrogens is 4. The molecule has 0 N–H and O–H groups in total. The van der Waals surface area contributed by atoms with Crippen molar-refractivity contribution < 1.29 is 0 Å². The zero-order valence-electron chi connectivity index (χ0n) is 30.4. The average Bonchev–Trinajstić information content (AvgIpc) is 3.78. The number of benzene rings is 8. The van der Waals surface area contributed by atoms with Gasteiger partial charge in [-0.2, -0.15) is 9.97 Å². The second-order valence-corrected chi connectivity index (χ2v) is 14.4. The van der Waals surface area contributed by atoms with Crippen LogP contribution in [0.1, 0.15) is 22.3 Å².